The molecule has 0 saturated heterocycles. The zero-order valence-corrected chi connectivity index (χ0v) is 8.12. The van der Waals surface area contributed by atoms with Gasteiger partial charge in [0.1, 0.15) is 5.75 Å². The van der Waals surface area contributed by atoms with Gasteiger partial charge in [-0.1, -0.05) is 24.8 Å². The lowest BCUT2D eigenvalue weighted by Gasteiger charge is -2.11. The Kier molecular flexibility index (Phi) is 3.09. The molecule has 0 aliphatic carbocycles. The first-order chi connectivity index (χ1) is 6.13. The van der Waals surface area contributed by atoms with Crippen LogP contribution in [-0.4, -0.2) is 24.1 Å². The fraction of sp³-hybridized carbons (Fsp3) is 0.273. The molecule has 0 bridgehead atoms. The SMILES string of the molecule is C=Cc1ccc(CN(C)C)c(O)c1. The van der Waals surface area contributed by atoms with Gasteiger partial charge in [0.15, 0.2) is 0 Å². The predicted molar refractivity (Wildman–Crippen MR) is 55.6 cm³/mol. The van der Waals surface area contributed by atoms with E-state index in [0.717, 1.165) is 17.7 Å². The van der Waals surface area contributed by atoms with E-state index in [0.29, 0.717) is 5.75 Å². The van der Waals surface area contributed by atoms with E-state index in [1.807, 2.05) is 31.1 Å². The molecule has 2 heteroatoms. The third kappa shape index (κ3) is 2.60. The van der Waals surface area contributed by atoms with Gasteiger partial charge >= 0.3 is 0 Å². The summed E-state index contributed by atoms with van der Waals surface area (Å²) in [5.74, 6) is 0.339. The number of aromatic hydroxyl groups is 1. The maximum absolute atomic E-state index is 9.60. The second-order valence-electron chi connectivity index (χ2n) is 3.33. The highest BCUT2D eigenvalue weighted by Crippen LogP contribution is 2.20. The van der Waals surface area contributed by atoms with Crippen LogP contribution in [0, 0.1) is 0 Å². The highest BCUT2D eigenvalue weighted by atomic mass is 16.3. The van der Waals surface area contributed by atoms with E-state index < -0.39 is 0 Å². The molecule has 0 atom stereocenters. The normalized spacial score (nSPS) is 10.4. The van der Waals surface area contributed by atoms with Gasteiger partial charge in [-0.25, -0.2) is 0 Å². The topological polar surface area (TPSA) is 23.5 Å². The summed E-state index contributed by atoms with van der Waals surface area (Å²) < 4.78 is 0. The van der Waals surface area contributed by atoms with Gasteiger partial charge in [-0.3, -0.25) is 0 Å². The molecule has 0 saturated carbocycles. The lowest BCUT2D eigenvalue weighted by atomic mass is 10.1. The summed E-state index contributed by atoms with van der Waals surface area (Å²) in [5.41, 5.74) is 1.88. The van der Waals surface area contributed by atoms with Crippen molar-refractivity contribution < 1.29 is 5.11 Å². The highest BCUT2D eigenvalue weighted by Gasteiger charge is 2.01. The minimum atomic E-state index is 0.339. The van der Waals surface area contributed by atoms with E-state index in [-0.39, 0.29) is 0 Å². The Hall–Kier alpha value is -1.28. The molecule has 1 N–H and O–H groups in total. The zero-order valence-electron chi connectivity index (χ0n) is 8.12. The molecule has 0 radical (unpaired) electrons. The van der Waals surface area contributed by atoms with Crippen molar-refractivity contribution in [1.82, 2.24) is 4.90 Å². The van der Waals surface area contributed by atoms with Crippen LogP contribution in [0.3, 0.4) is 0 Å². The largest absolute Gasteiger partial charge is 0.508 e. The molecule has 0 aliphatic rings. The quantitative estimate of drug-likeness (QED) is 0.764. The van der Waals surface area contributed by atoms with E-state index in [1.165, 1.54) is 0 Å². The van der Waals surface area contributed by atoms with E-state index >= 15 is 0 Å². The Bertz CT molecular complexity index is 305. The highest BCUT2D eigenvalue weighted by molar-refractivity contribution is 5.51. The van der Waals surface area contributed by atoms with Crippen molar-refractivity contribution in [3.05, 3.63) is 35.9 Å². The van der Waals surface area contributed by atoms with Crippen LogP contribution < -0.4 is 0 Å². The number of nitrogens with zero attached hydrogens (tertiary/aromatic N) is 1. The molecule has 1 aromatic carbocycles. The van der Waals surface area contributed by atoms with E-state index in [1.54, 1.807) is 12.1 Å². The zero-order chi connectivity index (χ0) is 9.84. The van der Waals surface area contributed by atoms with Crippen molar-refractivity contribution in [3.63, 3.8) is 0 Å². The summed E-state index contributed by atoms with van der Waals surface area (Å²) in [6.45, 7) is 4.39. The number of phenols is 1. The summed E-state index contributed by atoms with van der Waals surface area (Å²) in [6.07, 6.45) is 1.72. The fourth-order valence-electron chi connectivity index (χ4n) is 1.18. The van der Waals surface area contributed by atoms with E-state index in [4.69, 9.17) is 0 Å². The van der Waals surface area contributed by atoms with Gasteiger partial charge in [-0.2, -0.15) is 0 Å². The molecule has 0 aromatic heterocycles. The number of rotatable bonds is 3. The average molecular weight is 177 g/mol. The van der Waals surface area contributed by atoms with Crippen molar-refractivity contribution in [1.29, 1.82) is 0 Å². The van der Waals surface area contributed by atoms with Crippen LogP contribution in [0.15, 0.2) is 24.8 Å². The summed E-state index contributed by atoms with van der Waals surface area (Å²) in [6, 6.07) is 5.60. The second kappa shape index (κ2) is 4.10. The molecular weight excluding hydrogens is 162 g/mol. The Balaban J connectivity index is 2.91. The summed E-state index contributed by atoms with van der Waals surface area (Å²) >= 11 is 0. The van der Waals surface area contributed by atoms with Crippen molar-refractivity contribution >= 4 is 6.08 Å². The van der Waals surface area contributed by atoms with Crippen LogP contribution in [0.1, 0.15) is 11.1 Å². The lowest BCUT2D eigenvalue weighted by molar-refractivity contribution is 0.386. The predicted octanol–water partition coefficient (Wildman–Crippen LogP) is 2.10. The minimum Gasteiger partial charge on any atom is -0.508 e. The third-order valence-corrected chi connectivity index (χ3v) is 1.83. The van der Waals surface area contributed by atoms with Gasteiger partial charge in [-0.15, -0.1) is 0 Å². The molecule has 0 fully saturated rings. The van der Waals surface area contributed by atoms with Crippen LogP contribution in [0.25, 0.3) is 6.08 Å². The van der Waals surface area contributed by atoms with Gasteiger partial charge in [-0.05, 0) is 25.7 Å². The summed E-state index contributed by atoms with van der Waals surface area (Å²) in [5, 5.41) is 9.60. The van der Waals surface area contributed by atoms with Crippen molar-refractivity contribution in [2.75, 3.05) is 14.1 Å². The van der Waals surface area contributed by atoms with Gasteiger partial charge in [0.2, 0.25) is 0 Å². The van der Waals surface area contributed by atoms with Crippen LogP contribution in [0.5, 0.6) is 5.75 Å². The van der Waals surface area contributed by atoms with E-state index in [2.05, 4.69) is 6.58 Å². The fourth-order valence-corrected chi connectivity index (χ4v) is 1.18. The molecule has 1 aromatic rings. The molecule has 13 heavy (non-hydrogen) atoms. The van der Waals surface area contributed by atoms with Crippen LogP contribution in [0.2, 0.25) is 0 Å². The first-order valence-electron chi connectivity index (χ1n) is 4.22. The van der Waals surface area contributed by atoms with Crippen LogP contribution in [0.4, 0.5) is 0 Å². The van der Waals surface area contributed by atoms with Crippen LogP contribution >= 0.6 is 0 Å². The molecule has 2 nitrogen and oxygen atoms in total. The summed E-state index contributed by atoms with van der Waals surface area (Å²) in [7, 11) is 3.95. The van der Waals surface area contributed by atoms with Gasteiger partial charge < -0.3 is 10.0 Å². The van der Waals surface area contributed by atoms with Crippen molar-refractivity contribution in [2.45, 2.75) is 6.54 Å². The maximum Gasteiger partial charge on any atom is 0.120 e. The number of benzene rings is 1. The summed E-state index contributed by atoms with van der Waals surface area (Å²) in [4.78, 5) is 2.02. The van der Waals surface area contributed by atoms with Crippen molar-refractivity contribution in [3.8, 4) is 5.75 Å². The van der Waals surface area contributed by atoms with Gasteiger partial charge in [0.05, 0.1) is 0 Å². The molecule has 70 valence electrons. The standard InChI is InChI=1S/C11H15NO/c1-4-9-5-6-10(8-12(2)3)11(13)7-9/h4-7,13H,1,8H2,2-3H3. The number of hydrogen-bond donors (Lipinski definition) is 1. The van der Waals surface area contributed by atoms with Gasteiger partial charge in [0.25, 0.3) is 0 Å². The Morgan fingerprint density at radius 3 is 2.62 bits per heavy atom. The molecule has 0 unspecified atom stereocenters. The monoisotopic (exact) mass is 177 g/mol. The maximum atomic E-state index is 9.60. The Morgan fingerprint density at radius 2 is 2.15 bits per heavy atom. The van der Waals surface area contributed by atoms with Crippen LogP contribution in [-0.2, 0) is 6.54 Å². The van der Waals surface area contributed by atoms with E-state index in [9.17, 15) is 5.11 Å². The Morgan fingerprint density at radius 1 is 1.46 bits per heavy atom. The molecule has 0 spiro atoms. The number of hydrogen-bond acceptors (Lipinski definition) is 2. The minimum absolute atomic E-state index is 0.339. The first kappa shape index (κ1) is 9.81. The smallest absolute Gasteiger partial charge is 0.120 e. The molecular formula is C11H15NO. The molecule has 1 rings (SSSR count). The van der Waals surface area contributed by atoms with Gasteiger partial charge in [0, 0.05) is 12.1 Å². The molecule has 0 heterocycles. The second-order valence-corrected chi connectivity index (χ2v) is 3.33. The average Bonchev–Trinajstić information content (AvgIpc) is 2.08. The number of phenolic OH excluding ortho intramolecular Hbond substituents is 1. The molecule has 0 aliphatic heterocycles. The first-order valence-corrected chi connectivity index (χ1v) is 4.22. The lowest BCUT2D eigenvalue weighted by Crippen LogP contribution is -2.10. The Labute approximate surface area is 79.1 Å². The third-order valence-electron chi connectivity index (χ3n) is 1.83. The van der Waals surface area contributed by atoms with Crippen molar-refractivity contribution in [2.24, 2.45) is 0 Å². The molecule has 0 amide bonds.